The zero-order valence-electron chi connectivity index (χ0n) is 6.49. The fraction of sp³-hybridized carbons (Fsp3) is 0. The number of hydrogen-bond acceptors (Lipinski definition) is 4. The van der Waals surface area contributed by atoms with Gasteiger partial charge in [-0.15, -0.1) is 0 Å². The Morgan fingerprint density at radius 2 is 2.08 bits per heavy atom. The van der Waals surface area contributed by atoms with Crippen LogP contribution in [0.15, 0.2) is 21.8 Å². The van der Waals surface area contributed by atoms with Crippen molar-refractivity contribution in [1.29, 1.82) is 0 Å². The Labute approximate surface area is 111 Å². The van der Waals surface area contributed by atoms with Gasteiger partial charge in [0, 0.05) is 6.20 Å². The van der Waals surface area contributed by atoms with Crippen LogP contribution in [0.3, 0.4) is 0 Å². The molecule has 0 amide bonds. The maximum atomic E-state index is 10.4. The first-order chi connectivity index (χ1) is 5.41. The summed E-state index contributed by atoms with van der Waals surface area (Å²) in [4.78, 5) is 3.12. The van der Waals surface area contributed by atoms with Gasteiger partial charge in [0.15, 0.2) is 0 Å². The molecule has 1 aromatic heterocycles. The van der Waals surface area contributed by atoms with E-state index in [0.29, 0.717) is 4.60 Å². The fourth-order valence-electron chi connectivity index (χ4n) is 0.540. The molecule has 0 aliphatic rings. The van der Waals surface area contributed by atoms with Crippen molar-refractivity contribution >= 4 is 37.6 Å². The minimum Gasteiger partial charge on any atom is -0.744 e. The molecule has 0 bridgehead atoms. The Bertz CT molecular complexity index is 410. The van der Waals surface area contributed by atoms with Crippen molar-refractivity contribution in [3.63, 3.8) is 0 Å². The molecule has 1 rings (SSSR count). The van der Waals surface area contributed by atoms with Gasteiger partial charge in [-0.1, -0.05) is 11.6 Å². The van der Waals surface area contributed by atoms with Crippen molar-refractivity contribution in [2.75, 3.05) is 0 Å². The van der Waals surface area contributed by atoms with Crippen molar-refractivity contribution in [2.24, 2.45) is 0 Å². The van der Waals surface area contributed by atoms with Crippen LogP contribution in [-0.2, 0) is 10.1 Å². The number of aromatic nitrogens is 1. The summed E-state index contributed by atoms with van der Waals surface area (Å²) in [6.45, 7) is 0. The van der Waals surface area contributed by atoms with Gasteiger partial charge in [0.2, 0.25) is 0 Å². The smallest absolute Gasteiger partial charge is 0.744 e. The molecule has 0 saturated carbocycles. The molecule has 0 N–H and O–H groups in total. The van der Waals surface area contributed by atoms with Crippen LogP contribution < -0.4 is 29.6 Å². The molecule has 4 nitrogen and oxygen atoms in total. The Kier molecular flexibility index (Phi) is 5.39. The van der Waals surface area contributed by atoms with E-state index in [1.54, 1.807) is 0 Å². The molecule has 0 radical (unpaired) electrons. The quantitative estimate of drug-likeness (QED) is 0.356. The maximum Gasteiger partial charge on any atom is 1.00 e. The third kappa shape index (κ3) is 3.83. The van der Waals surface area contributed by atoms with E-state index in [1.165, 1.54) is 0 Å². The number of rotatable bonds is 1. The van der Waals surface area contributed by atoms with Crippen LogP contribution in [0.1, 0.15) is 0 Å². The SMILES string of the molecule is O=S(=O)([O-])c1cnc(Br)c(Cl)c1.[Na+]. The minimum absolute atomic E-state index is 0. The summed E-state index contributed by atoms with van der Waals surface area (Å²) in [6.07, 6.45) is 0.943. The van der Waals surface area contributed by atoms with Crippen molar-refractivity contribution in [3.8, 4) is 0 Å². The fourth-order valence-corrected chi connectivity index (χ4v) is 1.43. The first kappa shape index (κ1) is 13.8. The summed E-state index contributed by atoms with van der Waals surface area (Å²) in [7, 11) is -4.46. The molecule has 0 fully saturated rings. The van der Waals surface area contributed by atoms with Crippen LogP contribution in [0.2, 0.25) is 5.02 Å². The summed E-state index contributed by atoms with van der Waals surface area (Å²) in [5, 5.41) is 0.0897. The first-order valence-corrected chi connectivity index (χ1v) is 5.26. The standard InChI is InChI=1S/C5H3BrClNO3S.Na/c6-5-4(7)1-3(2-8-5)12(9,10)11;/h1-2H,(H,9,10,11);/q;+1/p-1. The summed E-state index contributed by atoms with van der Waals surface area (Å²) in [5.41, 5.74) is 0. The predicted octanol–water partition coefficient (Wildman–Crippen LogP) is -1.59. The molecule has 0 aliphatic carbocycles. The van der Waals surface area contributed by atoms with Gasteiger partial charge in [-0.2, -0.15) is 0 Å². The van der Waals surface area contributed by atoms with Crippen molar-refractivity contribution < 1.29 is 42.5 Å². The molecule has 0 spiro atoms. The Morgan fingerprint density at radius 3 is 2.46 bits per heavy atom. The van der Waals surface area contributed by atoms with E-state index in [4.69, 9.17) is 11.6 Å². The zero-order valence-corrected chi connectivity index (χ0v) is 11.6. The van der Waals surface area contributed by atoms with Gasteiger partial charge in [-0.05, 0) is 22.0 Å². The van der Waals surface area contributed by atoms with E-state index < -0.39 is 15.0 Å². The van der Waals surface area contributed by atoms with Crippen LogP contribution in [0.5, 0.6) is 0 Å². The molecule has 13 heavy (non-hydrogen) atoms. The van der Waals surface area contributed by atoms with Crippen LogP contribution in [0.25, 0.3) is 0 Å². The van der Waals surface area contributed by atoms with Gasteiger partial charge in [0.05, 0.1) is 9.92 Å². The van der Waals surface area contributed by atoms with Gasteiger partial charge in [-0.3, -0.25) is 0 Å². The predicted molar refractivity (Wildman–Crippen MR) is 44.9 cm³/mol. The molecule has 0 aromatic carbocycles. The molecule has 0 atom stereocenters. The molecular formula is C5H2BrClNNaO3S. The van der Waals surface area contributed by atoms with Gasteiger partial charge >= 0.3 is 29.6 Å². The first-order valence-electron chi connectivity index (χ1n) is 2.68. The zero-order chi connectivity index (χ0) is 9.35. The molecule has 0 unspecified atom stereocenters. The minimum atomic E-state index is -4.46. The van der Waals surface area contributed by atoms with E-state index in [0.717, 1.165) is 12.3 Å². The molecule has 0 saturated heterocycles. The van der Waals surface area contributed by atoms with E-state index in [9.17, 15) is 13.0 Å². The van der Waals surface area contributed by atoms with Crippen LogP contribution in [0.4, 0.5) is 0 Å². The number of nitrogens with zero attached hydrogens (tertiary/aromatic N) is 1. The molecular weight excluding hydrogens is 292 g/mol. The molecule has 1 heterocycles. The largest absolute Gasteiger partial charge is 1.00 e. The van der Waals surface area contributed by atoms with Crippen molar-refractivity contribution in [2.45, 2.75) is 4.90 Å². The Balaban J connectivity index is 0.00000144. The maximum absolute atomic E-state index is 10.4. The molecule has 1 aromatic rings. The topological polar surface area (TPSA) is 70.1 Å². The normalized spacial score (nSPS) is 10.7. The van der Waals surface area contributed by atoms with Gasteiger partial charge < -0.3 is 4.55 Å². The van der Waals surface area contributed by atoms with Crippen molar-refractivity contribution in [1.82, 2.24) is 4.98 Å². The van der Waals surface area contributed by atoms with Gasteiger partial charge in [-0.25, -0.2) is 13.4 Å². The van der Waals surface area contributed by atoms with Crippen LogP contribution in [-0.4, -0.2) is 18.0 Å². The summed E-state index contributed by atoms with van der Waals surface area (Å²) < 4.78 is 31.6. The molecule has 66 valence electrons. The second-order valence-corrected chi connectivity index (χ2v) is 4.44. The van der Waals surface area contributed by atoms with Gasteiger partial charge in [0.25, 0.3) is 0 Å². The van der Waals surface area contributed by atoms with Gasteiger partial charge in [0.1, 0.15) is 14.7 Å². The molecule has 0 aliphatic heterocycles. The van der Waals surface area contributed by atoms with Crippen LogP contribution in [0, 0.1) is 0 Å². The second kappa shape index (κ2) is 5.06. The monoisotopic (exact) mass is 293 g/mol. The van der Waals surface area contributed by atoms with E-state index in [-0.39, 0.29) is 34.6 Å². The number of hydrogen-bond donors (Lipinski definition) is 0. The average Bonchev–Trinajstić information content (AvgIpc) is 1.92. The molecule has 8 heteroatoms. The summed E-state index contributed by atoms with van der Waals surface area (Å²) in [6, 6.07) is 1.04. The summed E-state index contributed by atoms with van der Waals surface area (Å²) in [5.74, 6) is 0. The Morgan fingerprint density at radius 1 is 1.54 bits per heavy atom. The van der Waals surface area contributed by atoms with E-state index in [1.807, 2.05) is 0 Å². The second-order valence-electron chi connectivity index (χ2n) is 1.90. The number of halogens is 2. The number of pyridine rings is 1. The van der Waals surface area contributed by atoms with E-state index in [2.05, 4.69) is 20.9 Å². The Hall–Kier alpha value is 0.830. The summed E-state index contributed by atoms with van der Waals surface area (Å²) >= 11 is 8.46. The van der Waals surface area contributed by atoms with E-state index >= 15 is 0 Å². The third-order valence-electron chi connectivity index (χ3n) is 1.06. The van der Waals surface area contributed by atoms with Crippen molar-refractivity contribution in [3.05, 3.63) is 21.9 Å². The third-order valence-corrected chi connectivity index (χ3v) is 3.01. The van der Waals surface area contributed by atoms with Crippen LogP contribution >= 0.6 is 27.5 Å². The average molecular weight is 294 g/mol.